The summed E-state index contributed by atoms with van der Waals surface area (Å²) in [5.41, 5.74) is 1.46. The average Bonchev–Trinajstić information content (AvgIpc) is 2.29. The molecule has 0 aliphatic heterocycles. The number of hydrogen-bond donors (Lipinski definition) is 0. The molecular formula is C15H24O. The Bertz CT molecular complexity index is 253. The van der Waals surface area contributed by atoms with Crippen molar-refractivity contribution in [1.82, 2.24) is 0 Å². The van der Waals surface area contributed by atoms with Gasteiger partial charge in [-0.1, -0.05) is 43.2 Å². The zero-order valence-corrected chi connectivity index (χ0v) is 10.6. The van der Waals surface area contributed by atoms with Crippen LogP contribution in [0.2, 0.25) is 0 Å². The van der Waals surface area contributed by atoms with Gasteiger partial charge in [0.05, 0.1) is 6.10 Å². The Morgan fingerprint density at radius 2 is 1.62 bits per heavy atom. The van der Waals surface area contributed by atoms with Crippen LogP contribution in [-0.4, -0.2) is 12.7 Å². The standard InChI is InChI=1S/C15H24O/c1-14(2)16-13-9-4-3-6-10-15-11-7-5-8-12-15/h5,7-8,11-12,14H,3-4,6,9-10,13H2,1-2H3. The van der Waals surface area contributed by atoms with E-state index < -0.39 is 0 Å². The summed E-state index contributed by atoms with van der Waals surface area (Å²) < 4.78 is 5.51. The van der Waals surface area contributed by atoms with Crippen molar-refractivity contribution in [2.45, 2.75) is 52.1 Å². The lowest BCUT2D eigenvalue weighted by atomic mass is 10.1. The molecule has 1 heteroatoms. The molecule has 0 spiro atoms. The van der Waals surface area contributed by atoms with E-state index in [0.29, 0.717) is 6.10 Å². The molecule has 1 rings (SSSR count). The van der Waals surface area contributed by atoms with Crippen molar-refractivity contribution < 1.29 is 4.74 Å². The maximum absolute atomic E-state index is 5.51. The molecule has 1 nitrogen and oxygen atoms in total. The minimum Gasteiger partial charge on any atom is -0.379 e. The van der Waals surface area contributed by atoms with E-state index in [1.807, 2.05) is 0 Å². The van der Waals surface area contributed by atoms with Gasteiger partial charge in [0, 0.05) is 6.61 Å². The molecule has 0 aliphatic rings. The normalized spacial score (nSPS) is 10.9. The van der Waals surface area contributed by atoms with Crippen molar-refractivity contribution in [3.05, 3.63) is 35.9 Å². The molecule has 0 radical (unpaired) electrons. The van der Waals surface area contributed by atoms with E-state index in [2.05, 4.69) is 44.2 Å². The second-order valence-electron chi connectivity index (χ2n) is 4.57. The summed E-state index contributed by atoms with van der Waals surface area (Å²) in [6.45, 7) is 5.10. The number of rotatable bonds is 8. The Kier molecular flexibility index (Phi) is 6.91. The molecule has 0 aromatic heterocycles. The molecule has 0 aliphatic carbocycles. The molecule has 0 heterocycles. The second-order valence-corrected chi connectivity index (χ2v) is 4.57. The maximum atomic E-state index is 5.51. The van der Waals surface area contributed by atoms with Gasteiger partial charge in [-0.2, -0.15) is 0 Å². The van der Waals surface area contributed by atoms with Crippen molar-refractivity contribution in [1.29, 1.82) is 0 Å². The summed E-state index contributed by atoms with van der Waals surface area (Å²) in [4.78, 5) is 0. The highest BCUT2D eigenvalue weighted by Gasteiger charge is 1.95. The molecular weight excluding hydrogens is 196 g/mol. The Morgan fingerprint density at radius 1 is 0.938 bits per heavy atom. The van der Waals surface area contributed by atoms with Crippen LogP contribution in [0.5, 0.6) is 0 Å². The van der Waals surface area contributed by atoms with Crippen LogP contribution in [-0.2, 0) is 11.2 Å². The Balaban J connectivity index is 1.93. The predicted molar refractivity (Wildman–Crippen MR) is 69.7 cm³/mol. The number of ether oxygens (including phenoxy) is 1. The Morgan fingerprint density at radius 3 is 2.31 bits per heavy atom. The molecule has 1 aromatic rings. The summed E-state index contributed by atoms with van der Waals surface area (Å²) in [5.74, 6) is 0. The summed E-state index contributed by atoms with van der Waals surface area (Å²) in [5, 5.41) is 0. The zero-order valence-electron chi connectivity index (χ0n) is 10.6. The van der Waals surface area contributed by atoms with Gasteiger partial charge < -0.3 is 4.74 Å². The highest BCUT2D eigenvalue weighted by atomic mass is 16.5. The molecule has 0 amide bonds. The first-order valence-electron chi connectivity index (χ1n) is 6.44. The number of hydrogen-bond acceptors (Lipinski definition) is 1. The predicted octanol–water partition coefficient (Wildman–Crippen LogP) is 4.21. The Labute approximate surface area is 99.8 Å². The van der Waals surface area contributed by atoms with Gasteiger partial charge in [-0.25, -0.2) is 0 Å². The molecule has 16 heavy (non-hydrogen) atoms. The highest BCUT2D eigenvalue weighted by molar-refractivity contribution is 5.14. The largest absolute Gasteiger partial charge is 0.379 e. The fraction of sp³-hybridized carbons (Fsp3) is 0.600. The minimum atomic E-state index is 0.379. The second kappa shape index (κ2) is 8.35. The van der Waals surface area contributed by atoms with Gasteiger partial charge in [0.2, 0.25) is 0 Å². The average molecular weight is 220 g/mol. The van der Waals surface area contributed by atoms with Gasteiger partial charge in [-0.15, -0.1) is 0 Å². The van der Waals surface area contributed by atoms with Crippen molar-refractivity contribution in [3.8, 4) is 0 Å². The maximum Gasteiger partial charge on any atom is 0.0518 e. The first-order chi connectivity index (χ1) is 7.79. The molecule has 0 bridgehead atoms. The summed E-state index contributed by atoms with van der Waals surface area (Å²) >= 11 is 0. The van der Waals surface area contributed by atoms with Crippen LogP contribution in [0.1, 0.15) is 45.1 Å². The number of aryl methyl sites for hydroxylation is 1. The van der Waals surface area contributed by atoms with E-state index in [0.717, 1.165) is 6.61 Å². The van der Waals surface area contributed by atoms with Crippen molar-refractivity contribution in [2.24, 2.45) is 0 Å². The van der Waals surface area contributed by atoms with Crippen LogP contribution in [0.15, 0.2) is 30.3 Å². The van der Waals surface area contributed by atoms with E-state index in [1.165, 1.54) is 37.7 Å². The van der Waals surface area contributed by atoms with Crippen molar-refractivity contribution in [3.63, 3.8) is 0 Å². The minimum absolute atomic E-state index is 0.379. The SMILES string of the molecule is CC(C)OCCCCCCc1ccccc1. The van der Waals surface area contributed by atoms with E-state index >= 15 is 0 Å². The lowest BCUT2D eigenvalue weighted by Crippen LogP contribution is -2.03. The molecule has 1 aromatic carbocycles. The first-order valence-corrected chi connectivity index (χ1v) is 6.44. The lowest BCUT2D eigenvalue weighted by molar-refractivity contribution is 0.0757. The molecule has 0 atom stereocenters. The monoisotopic (exact) mass is 220 g/mol. The van der Waals surface area contributed by atoms with Gasteiger partial charge in [-0.05, 0) is 38.7 Å². The Hall–Kier alpha value is -0.820. The molecule has 0 N–H and O–H groups in total. The van der Waals surface area contributed by atoms with Gasteiger partial charge in [0.15, 0.2) is 0 Å². The van der Waals surface area contributed by atoms with Crippen molar-refractivity contribution in [2.75, 3.05) is 6.61 Å². The van der Waals surface area contributed by atoms with Crippen molar-refractivity contribution >= 4 is 0 Å². The third-order valence-electron chi connectivity index (χ3n) is 2.65. The molecule has 0 unspecified atom stereocenters. The van der Waals surface area contributed by atoms with Gasteiger partial charge in [0.1, 0.15) is 0 Å². The van der Waals surface area contributed by atoms with Crippen LogP contribution < -0.4 is 0 Å². The molecule has 0 saturated heterocycles. The van der Waals surface area contributed by atoms with E-state index in [9.17, 15) is 0 Å². The van der Waals surface area contributed by atoms with Gasteiger partial charge >= 0.3 is 0 Å². The van der Waals surface area contributed by atoms with Crippen LogP contribution in [0.25, 0.3) is 0 Å². The summed E-state index contributed by atoms with van der Waals surface area (Å²) in [6, 6.07) is 10.7. The lowest BCUT2D eigenvalue weighted by Gasteiger charge is -2.06. The summed E-state index contributed by atoms with van der Waals surface area (Å²) in [6.07, 6.45) is 6.70. The van der Waals surface area contributed by atoms with E-state index in [-0.39, 0.29) is 0 Å². The highest BCUT2D eigenvalue weighted by Crippen LogP contribution is 2.07. The number of unbranched alkanes of at least 4 members (excludes halogenated alkanes) is 3. The van der Waals surface area contributed by atoms with E-state index in [4.69, 9.17) is 4.74 Å². The number of benzene rings is 1. The quantitative estimate of drug-likeness (QED) is 0.596. The fourth-order valence-electron chi connectivity index (χ4n) is 1.75. The smallest absolute Gasteiger partial charge is 0.0518 e. The fourth-order valence-corrected chi connectivity index (χ4v) is 1.75. The first kappa shape index (κ1) is 13.2. The van der Waals surface area contributed by atoms with Crippen LogP contribution in [0.4, 0.5) is 0 Å². The zero-order chi connectivity index (χ0) is 11.6. The molecule has 0 saturated carbocycles. The topological polar surface area (TPSA) is 9.23 Å². The molecule has 90 valence electrons. The van der Waals surface area contributed by atoms with Crippen LogP contribution in [0.3, 0.4) is 0 Å². The van der Waals surface area contributed by atoms with Crippen LogP contribution >= 0.6 is 0 Å². The van der Waals surface area contributed by atoms with E-state index in [1.54, 1.807) is 0 Å². The van der Waals surface area contributed by atoms with Gasteiger partial charge in [-0.3, -0.25) is 0 Å². The van der Waals surface area contributed by atoms with Gasteiger partial charge in [0.25, 0.3) is 0 Å². The van der Waals surface area contributed by atoms with Crippen LogP contribution in [0, 0.1) is 0 Å². The summed E-state index contributed by atoms with van der Waals surface area (Å²) in [7, 11) is 0. The third kappa shape index (κ3) is 6.62. The third-order valence-corrected chi connectivity index (χ3v) is 2.65. The molecule has 0 fully saturated rings.